The van der Waals surface area contributed by atoms with Gasteiger partial charge in [0, 0.05) is 25.3 Å². The fourth-order valence-corrected chi connectivity index (χ4v) is 3.60. The quantitative estimate of drug-likeness (QED) is 0.699. The second kappa shape index (κ2) is 7.73. The summed E-state index contributed by atoms with van der Waals surface area (Å²) in [7, 11) is 0. The van der Waals surface area contributed by atoms with Crippen LogP contribution in [-0.4, -0.2) is 32.4 Å². The number of para-hydroxylation sites is 1. The van der Waals surface area contributed by atoms with E-state index in [9.17, 15) is 23.1 Å². The lowest BCUT2D eigenvalue weighted by molar-refractivity contribution is -0.274. The number of rotatable bonds is 8. The number of ether oxygens (including phenoxy) is 1. The molecule has 3 rings (SSSR count). The molecule has 0 unspecified atom stereocenters. The van der Waals surface area contributed by atoms with Gasteiger partial charge in [-0.15, -0.1) is 13.2 Å². The van der Waals surface area contributed by atoms with Gasteiger partial charge >= 0.3 is 6.36 Å². The normalized spacial score (nSPS) is 15.6. The molecule has 1 N–H and O–H groups in total. The molecule has 0 saturated heterocycles. The zero-order valence-electron chi connectivity index (χ0n) is 16.1. The monoisotopic (exact) mass is 398 g/mol. The van der Waals surface area contributed by atoms with Gasteiger partial charge in [-0.3, -0.25) is 4.79 Å². The number of carbonyl (C=O) groups excluding carboxylic acids is 1. The lowest BCUT2D eigenvalue weighted by Crippen LogP contribution is -2.23. The smallest absolute Gasteiger partial charge is 0.403 e. The van der Waals surface area contributed by atoms with Gasteiger partial charge in [0.15, 0.2) is 5.75 Å². The predicted molar refractivity (Wildman–Crippen MR) is 98.2 cm³/mol. The number of benzene rings is 1. The van der Waals surface area contributed by atoms with Crippen molar-refractivity contribution in [1.82, 2.24) is 9.55 Å². The highest BCUT2D eigenvalue weighted by Crippen LogP contribution is 2.40. The molecule has 0 radical (unpaired) electrons. The molecule has 1 aliphatic rings. The van der Waals surface area contributed by atoms with Crippen LogP contribution in [-0.2, 0) is 11.2 Å². The number of halogens is 3. The first kappa shape index (κ1) is 20.6. The first-order valence-corrected chi connectivity index (χ1v) is 9.53. The molecule has 0 amide bonds. The van der Waals surface area contributed by atoms with Crippen LogP contribution in [0.25, 0.3) is 11.0 Å². The molecule has 0 bridgehead atoms. The molecular weight excluding hydrogens is 373 g/mol. The number of Topliss-reactive ketones (excluding diaryl/α,β-unsaturated/α-hetero) is 1. The van der Waals surface area contributed by atoms with Gasteiger partial charge in [0.2, 0.25) is 0 Å². The number of hydrogen-bond donors (Lipinski definition) is 1. The van der Waals surface area contributed by atoms with Crippen molar-refractivity contribution in [2.24, 2.45) is 0 Å². The summed E-state index contributed by atoms with van der Waals surface area (Å²) >= 11 is 0. The van der Waals surface area contributed by atoms with Gasteiger partial charge in [-0.05, 0) is 51.7 Å². The molecule has 154 valence electrons. The van der Waals surface area contributed by atoms with Crippen molar-refractivity contribution in [1.29, 1.82) is 0 Å². The number of aliphatic hydroxyl groups is 1. The maximum Gasteiger partial charge on any atom is 0.573 e. The summed E-state index contributed by atoms with van der Waals surface area (Å²) in [6.07, 6.45) is -0.594. The highest BCUT2D eigenvalue weighted by atomic mass is 19.4. The number of hydrogen-bond acceptors (Lipinski definition) is 4. The number of fused-ring (bicyclic) bond motifs is 1. The summed E-state index contributed by atoms with van der Waals surface area (Å²) in [5.41, 5.74) is -0.214. The Balaban J connectivity index is 1.84. The molecule has 1 saturated carbocycles. The van der Waals surface area contributed by atoms with Gasteiger partial charge in [-0.25, -0.2) is 4.98 Å². The van der Waals surface area contributed by atoms with Crippen molar-refractivity contribution in [2.45, 2.75) is 76.8 Å². The van der Waals surface area contributed by atoms with Crippen LogP contribution in [0.2, 0.25) is 0 Å². The Morgan fingerprint density at radius 3 is 2.61 bits per heavy atom. The average Bonchev–Trinajstić information content (AvgIpc) is 2.82. The average molecular weight is 398 g/mol. The molecule has 28 heavy (non-hydrogen) atoms. The maximum absolute atomic E-state index is 12.8. The first-order valence-electron chi connectivity index (χ1n) is 9.53. The number of imidazole rings is 1. The standard InChI is InChI=1S/C20H25F3N2O3/c1-19(2,27)12-14(26)8-4-11-17-24-15-9-5-10-16(28-20(21,22)23)18(15)25(17)13-6-3-7-13/h5,9-10,13,27H,3-4,6-8,11-12H2,1-2H3. The van der Waals surface area contributed by atoms with E-state index in [1.165, 1.54) is 12.1 Å². The zero-order valence-corrected chi connectivity index (χ0v) is 16.1. The maximum atomic E-state index is 12.8. The van der Waals surface area contributed by atoms with E-state index in [0.717, 1.165) is 19.3 Å². The van der Waals surface area contributed by atoms with E-state index in [2.05, 4.69) is 9.72 Å². The minimum Gasteiger partial charge on any atom is -0.403 e. The van der Waals surface area contributed by atoms with Gasteiger partial charge < -0.3 is 14.4 Å². The first-order chi connectivity index (χ1) is 13.0. The van der Waals surface area contributed by atoms with Crippen molar-refractivity contribution < 1.29 is 27.8 Å². The molecule has 1 fully saturated rings. The number of carbonyl (C=O) groups is 1. The molecule has 1 aromatic carbocycles. The molecule has 5 nitrogen and oxygen atoms in total. The number of alkyl halides is 3. The Morgan fingerprint density at radius 1 is 1.32 bits per heavy atom. The number of ketones is 1. The van der Waals surface area contributed by atoms with Crippen LogP contribution < -0.4 is 4.74 Å². The van der Waals surface area contributed by atoms with E-state index in [0.29, 0.717) is 36.1 Å². The van der Waals surface area contributed by atoms with Gasteiger partial charge in [-0.2, -0.15) is 0 Å². The Kier molecular flexibility index (Phi) is 5.70. The molecule has 2 aromatic rings. The molecule has 1 heterocycles. The van der Waals surface area contributed by atoms with Crippen molar-refractivity contribution >= 4 is 16.8 Å². The Bertz CT molecular complexity index is 849. The van der Waals surface area contributed by atoms with Crippen molar-refractivity contribution in [3.05, 3.63) is 24.0 Å². The third-order valence-corrected chi connectivity index (χ3v) is 4.90. The lowest BCUT2D eigenvalue weighted by atomic mass is 9.92. The van der Waals surface area contributed by atoms with E-state index in [1.54, 1.807) is 19.9 Å². The van der Waals surface area contributed by atoms with Crippen molar-refractivity contribution in [3.8, 4) is 5.75 Å². The Morgan fingerprint density at radius 2 is 2.04 bits per heavy atom. The topological polar surface area (TPSA) is 64.3 Å². The largest absolute Gasteiger partial charge is 0.573 e. The number of aryl methyl sites for hydroxylation is 1. The van der Waals surface area contributed by atoms with Gasteiger partial charge in [-0.1, -0.05) is 6.07 Å². The van der Waals surface area contributed by atoms with Crippen LogP contribution in [0.5, 0.6) is 5.75 Å². The molecule has 1 aromatic heterocycles. The Labute approximate surface area is 161 Å². The lowest BCUT2D eigenvalue weighted by Gasteiger charge is -2.29. The van der Waals surface area contributed by atoms with E-state index in [1.807, 2.05) is 4.57 Å². The molecule has 0 atom stereocenters. The van der Waals surface area contributed by atoms with E-state index in [4.69, 9.17) is 0 Å². The van der Waals surface area contributed by atoms with E-state index >= 15 is 0 Å². The third-order valence-electron chi connectivity index (χ3n) is 4.90. The number of nitrogens with zero attached hydrogens (tertiary/aromatic N) is 2. The van der Waals surface area contributed by atoms with Crippen LogP contribution in [0.15, 0.2) is 18.2 Å². The fraction of sp³-hybridized carbons (Fsp3) is 0.600. The third kappa shape index (κ3) is 5.04. The Hall–Kier alpha value is -2.09. The molecular formula is C20H25F3N2O3. The summed E-state index contributed by atoms with van der Waals surface area (Å²) in [5.74, 6) is 0.391. The molecule has 0 aliphatic heterocycles. The predicted octanol–water partition coefficient (Wildman–Crippen LogP) is 4.71. The summed E-state index contributed by atoms with van der Waals surface area (Å²) < 4.78 is 44.6. The highest BCUT2D eigenvalue weighted by molar-refractivity contribution is 5.83. The zero-order chi connectivity index (χ0) is 20.5. The van der Waals surface area contributed by atoms with E-state index in [-0.39, 0.29) is 24.0 Å². The van der Waals surface area contributed by atoms with E-state index < -0.39 is 12.0 Å². The molecule has 0 spiro atoms. The van der Waals surface area contributed by atoms with Crippen LogP contribution in [0.1, 0.15) is 64.2 Å². The van der Waals surface area contributed by atoms with Crippen LogP contribution in [0.3, 0.4) is 0 Å². The van der Waals surface area contributed by atoms with Gasteiger partial charge in [0.25, 0.3) is 0 Å². The van der Waals surface area contributed by atoms with Crippen molar-refractivity contribution in [3.63, 3.8) is 0 Å². The minimum atomic E-state index is -4.77. The summed E-state index contributed by atoms with van der Waals surface area (Å²) in [6.45, 7) is 3.17. The van der Waals surface area contributed by atoms with Crippen LogP contribution in [0, 0.1) is 0 Å². The van der Waals surface area contributed by atoms with Crippen LogP contribution in [0.4, 0.5) is 13.2 Å². The minimum absolute atomic E-state index is 0.0418. The SMILES string of the molecule is CC(C)(O)CC(=O)CCCc1nc2cccc(OC(F)(F)F)c2n1C1CCC1. The summed E-state index contributed by atoms with van der Waals surface area (Å²) in [5, 5.41) is 9.74. The highest BCUT2D eigenvalue weighted by Gasteiger charge is 2.34. The second-order valence-corrected chi connectivity index (χ2v) is 8.04. The van der Waals surface area contributed by atoms with Crippen LogP contribution >= 0.6 is 0 Å². The molecule has 1 aliphatic carbocycles. The second-order valence-electron chi connectivity index (χ2n) is 8.04. The fourth-order valence-electron chi connectivity index (χ4n) is 3.60. The number of aromatic nitrogens is 2. The van der Waals surface area contributed by atoms with Gasteiger partial charge in [0.1, 0.15) is 17.1 Å². The van der Waals surface area contributed by atoms with Crippen molar-refractivity contribution in [2.75, 3.05) is 0 Å². The summed E-state index contributed by atoms with van der Waals surface area (Å²) in [4.78, 5) is 16.5. The molecule has 8 heteroatoms. The van der Waals surface area contributed by atoms with Gasteiger partial charge in [0.05, 0.1) is 11.1 Å². The summed E-state index contributed by atoms with van der Waals surface area (Å²) in [6, 6.07) is 4.59.